The molecule has 0 unspecified atom stereocenters. The van der Waals surface area contributed by atoms with Crippen molar-refractivity contribution in [2.24, 2.45) is 0 Å². The summed E-state index contributed by atoms with van der Waals surface area (Å²) >= 11 is 0. The van der Waals surface area contributed by atoms with Gasteiger partial charge in [0, 0.05) is 30.8 Å². The third kappa shape index (κ3) is 5.92. The van der Waals surface area contributed by atoms with Gasteiger partial charge in [0.05, 0.1) is 17.4 Å². The summed E-state index contributed by atoms with van der Waals surface area (Å²) in [6.45, 7) is 5.68. The van der Waals surface area contributed by atoms with E-state index in [2.05, 4.69) is 10.4 Å². The van der Waals surface area contributed by atoms with Crippen molar-refractivity contribution in [3.8, 4) is 0 Å². The third-order valence-corrected chi connectivity index (χ3v) is 6.78. The van der Waals surface area contributed by atoms with Crippen LogP contribution in [-0.2, 0) is 10.9 Å². The summed E-state index contributed by atoms with van der Waals surface area (Å²) in [5.74, 6) is 0.732. The van der Waals surface area contributed by atoms with E-state index >= 15 is 0 Å². The van der Waals surface area contributed by atoms with Gasteiger partial charge < -0.3 is 20.1 Å². The molecule has 214 valence electrons. The van der Waals surface area contributed by atoms with Crippen LogP contribution in [0.3, 0.4) is 0 Å². The van der Waals surface area contributed by atoms with Crippen molar-refractivity contribution in [2.75, 3.05) is 23.3 Å². The van der Waals surface area contributed by atoms with E-state index in [0.717, 1.165) is 35.4 Å². The Hall–Kier alpha value is -4.03. The van der Waals surface area contributed by atoms with E-state index in [4.69, 9.17) is 9.72 Å². The van der Waals surface area contributed by atoms with Gasteiger partial charge in [0.1, 0.15) is 17.2 Å². The zero-order valence-electron chi connectivity index (χ0n) is 22.4. The second kappa shape index (κ2) is 10.2. The molecule has 1 saturated heterocycles. The molecule has 3 aromatic rings. The molecule has 0 radical (unpaired) electrons. The van der Waals surface area contributed by atoms with E-state index in [1.165, 1.54) is 27.6 Å². The number of carbonyl (C=O) groups is 2. The number of hydrogen-bond donors (Lipinski definition) is 2. The molecule has 13 heteroatoms. The summed E-state index contributed by atoms with van der Waals surface area (Å²) in [6.07, 6.45) is -1.59. The van der Waals surface area contributed by atoms with E-state index < -0.39 is 29.5 Å². The first-order valence-electron chi connectivity index (χ1n) is 13.1. The zero-order valence-corrected chi connectivity index (χ0v) is 22.4. The summed E-state index contributed by atoms with van der Waals surface area (Å²) in [5, 5.41) is 17.2. The molecule has 2 fully saturated rings. The van der Waals surface area contributed by atoms with Crippen molar-refractivity contribution in [3.05, 3.63) is 47.7 Å². The fourth-order valence-corrected chi connectivity index (χ4v) is 4.82. The predicted molar refractivity (Wildman–Crippen MR) is 141 cm³/mol. The quantitative estimate of drug-likeness (QED) is 0.379. The number of alkyl halides is 3. The molecule has 1 aliphatic carbocycles. The number of carboxylic acid groups (broad SMARTS) is 1. The van der Waals surface area contributed by atoms with Gasteiger partial charge in [0.25, 0.3) is 0 Å². The number of rotatable bonds is 5. The SMILES string of the molecule is CC(C)(C)OC(=O)N(c1cccc(C(F)(F)F)c1)c1cc(N[C@H]2CCCN(C(=O)O)C2)nc2c(C3CC3)cnn12. The molecule has 1 aliphatic heterocycles. The Morgan fingerprint density at radius 2 is 1.90 bits per heavy atom. The lowest BCUT2D eigenvalue weighted by Crippen LogP contribution is -2.44. The Kier molecular flexibility index (Phi) is 7.01. The molecule has 1 aromatic carbocycles. The minimum Gasteiger partial charge on any atom is -0.465 e. The molecular formula is C27H31F3N6O4. The lowest BCUT2D eigenvalue weighted by atomic mass is 10.1. The molecular weight excluding hydrogens is 529 g/mol. The average Bonchev–Trinajstić information content (AvgIpc) is 3.62. The van der Waals surface area contributed by atoms with Gasteiger partial charge in [-0.3, -0.25) is 0 Å². The number of anilines is 3. The molecule has 10 nitrogen and oxygen atoms in total. The van der Waals surface area contributed by atoms with Gasteiger partial charge in [-0.25, -0.2) is 19.5 Å². The predicted octanol–water partition coefficient (Wildman–Crippen LogP) is 6.25. The summed E-state index contributed by atoms with van der Waals surface area (Å²) in [5.41, 5.74) is -0.573. The molecule has 0 bridgehead atoms. The molecule has 3 heterocycles. The van der Waals surface area contributed by atoms with Crippen LogP contribution in [0.4, 0.5) is 40.1 Å². The van der Waals surface area contributed by atoms with Gasteiger partial charge in [0.15, 0.2) is 5.65 Å². The summed E-state index contributed by atoms with van der Waals surface area (Å²) < 4.78 is 48.0. The molecule has 2 aromatic heterocycles. The first-order chi connectivity index (χ1) is 18.8. The fourth-order valence-electron chi connectivity index (χ4n) is 4.82. The number of ether oxygens (including phenoxy) is 1. The van der Waals surface area contributed by atoms with Gasteiger partial charge >= 0.3 is 18.4 Å². The highest BCUT2D eigenvalue weighted by molar-refractivity contribution is 5.96. The number of nitrogens with zero attached hydrogens (tertiary/aromatic N) is 5. The molecule has 2 N–H and O–H groups in total. The molecule has 1 atom stereocenters. The summed E-state index contributed by atoms with van der Waals surface area (Å²) in [7, 11) is 0. The van der Waals surface area contributed by atoms with Crippen LogP contribution in [-0.4, -0.2) is 61.5 Å². The van der Waals surface area contributed by atoms with Crippen LogP contribution < -0.4 is 10.2 Å². The number of halogens is 3. The van der Waals surface area contributed by atoms with E-state index in [1.54, 1.807) is 27.0 Å². The minimum absolute atomic E-state index is 0.0549. The van der Waals surface area contributed by atoms with Crippen LogP contribution in [0.2, 0.25) is 0 Å². The summed E-state index contributed by atoms with van der Waals surface area (Å²) in [4.78, 5) is 32.3. The molecule has 0 spiro atoms. The molecule has 40 heavy (non-hydrogen) atoms. The van der Waals surface area contributed by atoms with Gasteiger partial charge in [-0.15, -0.1) is 0 Å². The lowest BCUT2D eigenvalue weighted by molar-refractivity contribution is -0.137. The van der Waals surface area contributed by atoms with Crippen molar-refractivity contribution < 1.29 is 32.6 Å². The van der Waals surface area contributed by atoms with Gasteiger partial charge in [-0.1, -0.05) is 6.07 Å². The van der Waals surface area contributed by atoms with E-state index in [1.807, 2.05) is 0 Å². The first-order valence-corrected chi connectivity index (χ1v) is 13.1. The first kappa shape index (κ1) is 27.5. The van der Waals surface area contributed by atoms with Crippen LogP contribution in [0.1, 0.15) is 63.5 Å². The van der Waals surface area contributed by atoms with E-state index in [0.29, 0.717) is 30.9 Å². The number of fused-ring (bicyclic) bond motifs is 1. The van der Waals surface area contributed by atoms with E-state index in [9.17, 15) is 27.9 Å². The Bertz CT molecular complexity index is 1430. The topological polar surface area (TPSA) is 112 Å². The number of benzene rings is 1. The van der Waals surface area contributed by atoms with Crippen LogP contribution >= 0.6 is 0 Å². The number of nitrogens with one attached hydrogen (secondary N) is 1. The van der Waals surface area contributed by atoms with Crippen molar-refractivity contribution in [3.63, 3.8) is 0 Å². The average molecular weight is 561 g/mol. The smallest absolute Gasteiger partial charge is 0.420 e. The number of piperidine rings is 1. The van der Waals surface area contributed by atoms with Crippen molar-refractivity contribution >= 4 is 35.2 Å². The maximum Gasteiger partial charge on any atom is 0.420 e. The fraction of sp³-hybridized carbons (Fsp3) is 0.481. The number of amides is 2. The Morgan fingerprint density at radius 3 is 2.55 bits per heavy atom. The molecule has 2 amide bonds. The second-order valence-corrected chi connectivity index (χ2v) is 11.2. The Balaban J connectivity index is 1.64. The molecule has 2 aliphatic rings. The van der Waals surface area contributed by atoms with Gasteiger partial charge in [-0.2, -0.15) is 22.8 Å². The molecule has 5 rings (SSSR count). The van der Waals surface area contributed by atoms with Crippen LogP contribution in [0.5, 0.6) is 0 Å². The van der Waals surface area contributed by atoms with Gasteiger partial charge in [-0.05, 0) is 70.6 Å². The maximum atomic E-state index is 13.7. The highest BCUT2D eigenvalue weighted by atomic mass is 19.4. The molecule has 1 saturated carbocycles. The Morgan fingerprint density at radius 1 is 1.15 bits per heavy atom. The number of hydrogen-bond acceptors (Lipinski definition) is 6. The van der Waals surface area contributed by atoms with Crippen molar-refractivity contribution in [1.82, 2.24) is 19.5 Å². The third-order valence-electron chi connectivity index (χ3n) is 6.78. The van der Waals surface area contributed by atoms with Crippen LogP contribution in [0.15, 0.2) is 36.5 Å². The standard InChI is InChI=1S/C27H31F3N6O4/c1-26(2,3)40-25(39)35(19-8-4-6-17(12-19)27(28,29)30)22-13-21(32-18-7-5-11-34(15-18)24(37)38)33-23-20(16-9-10-16)14-31-36(22)23/h4,6,8,12-14,16,18H,5,7,9-11,15H2,1-3H3,(H,32,33)(H,37,38)/t18-/m0/s1. The van der Waals surface area contributed by atoms with Gasteiger partial charge in [0.2, 0.25) is 0 Å². The zero-order chi connectivity index (χ0) is 28.8. The van der Waals surface area contributed by atoms with Crippen LogP contribution in [0.25, 0.3) is 5.65 Å². The highest BCUT2D eigenvalue weighted by Gasteiger charge is 2.35. The van der Waals surface area contributed by atoms with E-state index in [-0.39, 0.29) is 30.0 Å². The Labute approximate surface area is 228 Å². The lowest BCUT2D eigenvalue weighted by Gasteiger charge is -2.32. The monoisotopic (exact) mass is 560 g/mol. The maximum absolute atomic E-state index is 13.7. The van der Waals surface area contributed by atoms with Crippen molar-refractivity contribution in [2.45, 2.75) is 70.2 Å². The minimum atomic E-state index is -4.63. The second-order valence-electron chi connectivity index (χ2n) is 11.2. The van der Waals surface area contributed by atoms with Crippen LogP contribution in [0, 0.1) is 0 Å². The number of likely N-dealkylation sites (tertiary alicyclic amines) is 1. The number of carbonyl (C=O) groups excluding carboxylic acids is 1. The summed E-state index contributed by atoms with van der Waals surface area (Å²) in [6, 6.07) is 5.73. The number of aromatic nitrogens is 3. The highest BCUT2D eigenvalue weighted by Crippen LogP contribution is 2.43. The van der Waals surface area contributed by atoms with Crippen molar-refractivity contribution in [1.29, 1.82) is 0 Å². The normalized spacial score (nSPS) is 18.1. The largest absolute Gasteiger partial charge is 0.465 e.